The molecule has 0 heterocycles. The molecule has 0 saturated carbocycles. The second-order valence-corrected chi connectivity index (χ2v) is 7.07. The number of rotatable bonds is 12. The number of carboxylic acid groups (broad SMARTS) is 1. The molecule has 0 fully saturated rings. The minimum absolute atomic E-state index is 0.0612. The molecule has 3 N–H and O–H groups in total. The molecule has 0 aliphatic rings. The van der Waals surface area contributed by atoms with Crippen molar-refractivity contribution in [3.63, 3.8) is 0 Å². The molecule has 2 aromatic carbocycles. The van der Waals surface area contributed by atoms with E-state index >= 15 is 0 Å². The van der Waals surface area contributed by atoms with Crippen LogP contribution < -0.4 is 10.6 Å². The quantitative estimate of drug-likeness (QED) is 0.358. The number of carbonyl (C=O) groups excluding carboxylic acids is 2. The van der Waals surface area contributed by atoms with E-state index < -0.39 is 30.1 Å². The molecule has 0 aliphatic heterocycles. The summed E-state index contributed by atoms with van der Waals surface area (Å²) in [6, 6.07) is 16.3. The first kappa shape index (κ1) is 23.7. The van der Waals surface area contributed by atoms with Crippen LogP contribution in [-0.4, -0.2) is 35.2 Å². The predicted molar refractivity (Wildman–Crippen MR) is 117 cm³/mol. The molecule has 0 bridgehead atoms. The minimum Gasteiger partial charge on any atom is -0.480 e. The molecule has 0 aromatic heterocycles. The van der Waals surface area contributed by atoms with Gasteiger partial charge in [-0.15, -0.1) is 6.58 Å². The lowest BCUT2D eigenvalue weighted by Crippen LogP contribution is -2.52. The summed E-state index contributed by atoms with van der Waals surface area (Å²) in [4.78, 5) is 36.7. The molecule has 0 unspecified atom stereocenters. The smallest absolute Gasteiger partial charge is 0.408 e. The fraction of sp³-hybridized carbons (Fsp3) is 0.292. The van der Waals surface area contributed by atoms with Gasteiger partial charge in [0.15, 0.2) is 0 Å². The average Bonchev–Trinajstić information content (AvgIpc) is 2.78. The van der Waals surface area contributed by atoms with E-state index in [4.69, 9.17) is 4.74 Å². The second kappa shape index (κ2) is 12.8. The van der Waals surface area contributed by atoms with Gasteiger partial charge in [-0.25, -0.2) is 9.59 Å². The molecule has 0 spiro atoms. The first-order chi connectivity index (χ1) is 15.0. The van der Waals surface area contributed by atoms with E-state index in [1.165, 1.54) is 0 Å². The van der Waals surface area contributed by atoms with Gasteiger partial charge in [-0.05, 0) is 30.4 Å². The van der Waals surface area contributed by atoms with Crippen LogP contribution in [0.5, 0.6) is 0 Å². The number of alkyl carbamates (subject to hydrolysis) is 1. The summed E-state index contributed by atoms with van der Waals surface area (Å²) in [7, 11) is 0. The number of aliphatic carboxylic acids is 1. The predicted octanol–water partition coefficient (Wildman–Crippen LogP) is 3.45. The van der Waals surface area contributed by atoms with E-state index in [-0.39, 0.29) is 19.4 Å². The van der Waals surface area contributed by atoms with Crippen LogP contribution in [0.15, 0.2) is 73.3 Å². The number of ether oxygens (including phenoxy) is 1. The molecule has 2 atom stereocenters. The van der Waals surface area contributed by atoms with Crippen LogP contribution in [0.25, 0.3) is 0 Å². The standard InChI is InChI=1S/C24H28N2O5/c1-2-3-6-15-20(23(28)29)25-22(27)21(16-18-11-7-4-8-12-18)26-24(30)31-17-19-13-9-5-10-14-19/h2,4-5,7-14,20-21H,1,3,6,15-17H2,(H,25,27)(H,26,30)(H,28,29)/t20-,21+/m0/s1. The van der Waals surface area contributed by atoms with E-state index in [9.17, 15) is 19.5 Å². The van der Waals surface area contributed by atoms with Crippen molar-refractivity contribution in [2.75, 3.05) is 0 Å². The average molecular weight is 424 g/mol. The molecule has 0 radical (unpaired) electrons. The van der Waals surface area contributed by atoms with Crippen LogP contribution in [-0.2, 0) is 27.4 Å². The van der Waals surface area contributed by atoms with E-state index in [0.29, 0.717) is 12.8 Å². The lowest BCUT2D eigenvalue weighted by molar-refractivity contribution is -0.142. The zero-order valence-corrected chi connectivity index (χ0v) is 17.3. The lowest BCUT2D eigenvalue weighted by Gasteiger charge is -2.21. The van der Waals surface area contributed by atoms with Gasteiger partial charge in [-0.2, -0.15) is 0 Å². The Morgan fingerprint density at radius 1 is 0.935 bits per heavy atom. The maximum absolute atomic E-state index is 12.8. The van der Waals surface area contributed by atoms with Gasteiger partial charge >= 0.3 is 12.1 Å². The topological polar surface area (TPSA) is 105 Å². The number of hydrogen-bond donors (Lipinski definition) is 3. The molecule has 0 saturated heterocycles. The van der Waals surface area contributed by atoms with Gasteiger partial charge in [0.05, 0.1) is 0 Å². The molecule has 7 nitrogen and oxygen atoms in total. The Labute approximate surface area is 182 Å². The van der Waals surface area contributed by atoms with E-state index in [1.54, 1.807) is 6.08 Å². The summed E-state index contributed by atoms with van der Waals surface area (Å²) in [6.45, 7) is 3.68. The summed E-state index contributed by atoms with van der Waals surface area (Å²) in [5, 5.41) is 14.5. The van der Waals surface area contributed by atoms with Gasteiger partial charge in [-0.1, -0.05) is 66.7 Å². The Balaban J connectivity index is 2.03. The van der Waals surface area contributed by atoms with Crippen molar-refractivity contribution in [1.82, 2.24) is 10.6 Å². The zero-order chi connectivity index (χ0) is 22.5. The largest absolute Gasteiger partial charge is 0.480 e. The van der Waals surface area contributed by atoms with Crippen LogP contribution in [0.2, 0.25) is 0 Å². The lowest BCUT2D eigenvalue weighted by atomic mass is 10.0. The van der Waals surface area contributed by atoms with Crippen molar-refractivity contribution >= 4 is 18.0 Å². The fourth-order valence-electron chi connectivity index (χ4n) is 2.96. The van der Waals surface area contributed by atoms with Gasteiger partial charge in [0, 0.05) is 6.42 Å². The zero-order valence-electron chi connectivity index (χ0n) is 17.3. The number of benzene rings is 2. The van der Waals surface area contributed by atoms with Crippen molar-refractivity contribution in [2.24, 2.45) is 0 Å². The van der Waals surface area contributed by atoms with Gasteiger partial charge in [0.2, 0.25) is 5.91 Å². The Kier molecular flexibility index (Phi) is 9.81. The Morgan fingerprint density at radius 3 is 2.13 bits per heavy atom. The van der Waals surface area contributed by atoms with Gasteiger partial charge in [-0.3, -0.25) is 4.79 Å². The molecule has 2 rings (SSSR count). The van der Waals surface area contributed by atoms with Gasteiger partial charge in [0.25, 0.3) is 0 Å². The number of carbonyl (C=O) groups is 3. The van der Waals surface area contributed by atoms with Crippen molar-refractivity contribution < 1.29 is 24.2 Å². The molecule has 7 heteroatoms. The van der Waals surface area contributed by atoms with Gasteiger partial charge in [0.1, 0.15) is 18.7 Å². The summed E-state index contributed by atoms with van der Waals surface area (Å²) in [5.74, 6) is -1.70. The van der Waals surface area contributed by atoms with Crippen LogP contribution in [0.4, 0.5) is 4.79 Å². The molecular weight excluding hydrogens is 396 g/mol. The third-order valence-corrected chi connectivity index (χ3v) is 4.62. The highest BCUT2D eigenvalue weighted by Gasteiger charge is 2.27. The van der Waals surface area contributed by atoms with Crippen LogP contribution in [0.1, 0.15) is 30.4 Å². The Morgan fingerprint density at radius 2 is 1.55 bits per heavy atom. The molecule has 31 heavy (non-hydrogen) atoms. The monoisotopic (exact) mass is 424 g/mol. The summed E-state index contributed by atoms with van der Waals surface area (Å²) in [6.07, 6.45) is 2.64. The maximum atomic E-state index is 12.8. The number of nitrogens with one attached hydrogen (secondary N) is 2. The van der Waals surface area contributed by atoms with Crippen molar-refractivity contribution in [3.8, 4) is 0 Å². The van der Waals surface area contributed by atoms with E-state index in [2.05, 4.69) is 17.2 Å². The van der Waals surface area contributed by atoms with Crippen LogP contribution in [0, 0.1) is 0 Å². The highest BCUT2D eigenvalue weighted by molar-refractivity contribution is 5.89. The number of allylic oxidation sites excluding steroid dienone is 1. The molecule has 0 aliphatic carbocycles. The van der Waals surface area contributed by atoms with Crippen molar-refractivity contribution in [3.05, 3.63) is 84.4 Å². The molecule has 2 amide bonds. The van der Waals surface area contributed by atoms with Crippen LogP contribution >= 0.6 is 0 Å². The second-order valence-electron chi connectivity index (χ2n) is 7.07. The first-order valence-electron chi connectivity index (χ1n) is 10.1. The summed E-state index contributed by atoms with van der Waals surface area (Å²) < 4.78 is 5.22. The molecular formula is C24H28N2O5. The third-order valence-electron chi connectivity index (χ3n) is 4.62. The van der Waals surface area contributed by atoms with Crippen LogP contribution in [0.3, 0.4) is 0 Å². The van der Waals surface area contributed by atoms with E-state index in [1.807, 2.05) is 60.7 Å². The Hall–Kier alpha value is -3.61. The molecule has 164 valence electrons. The molecule has 2 aromatic rings. The minimum atomic E-state index is -1.12. The fourth-order valence-corrected chi connectivity index (χ4v) is 2.96. The Bertz CT molecular complexity index is 855. The van der Waals surface area contributed by atoms with Crippen molar-refractivity contribution in [1.29, 1.82) is 0 Å². The number of carboxylic acids is 1. The number of hydrogen-bond acceptors (Lipinski definition) is 4. The number of unbranched alkanes of at least 4 members (excludes halogenated alkanes) is 1. The highest BCUT2D eigenvalue weighted by atomic mass is 16.5. The van der Waals surface area contributed by atoms with Crippen molar-refractivity contribution in [2.45, 2.75) is 44.4 Å². The third kappa shape index (κ3) is 8.74. The first-order valence-corrected chi connectivity index (χ1v) is 10.1. The number of amides is 2. The maximum Gasteiger partial charge on any atom is 0.408 e. The van der Waals surface area contributed by atoms with Gasteiger partial charge < -0.3 is 20.5 Å². The highest BCUT2D eigenvalue weighted by Crippen LogP contribution is 2.07. The summed E-state index contributed by atoms with van der Waals surface area (Å²) in [5.41, 5.74) is 1.64. The normalized spacial score (nSPS) is 12.3. The SMILES string of the molecule is C=CCCC[C@H](NC(=O)[C@@H](Cc1ccccc1)NC(=O)OCc1ccccc1)C(=O)O. The summed E-state index contributed by atoms with van der Waals surface area (Å²) >= 11 is 0. The van der Waals surface area contributed by atoms with E-state index in [0.717, 1.165) is 11.1 Å².